The second-order valence-corrected chi connectivity index (χ2v) is 8.67. The Morgan fingerprint density at radius 3 is 2.36 bits per heavy atom. The monoisotopic (exact) mass is 461 g/mol. The average Bonchev–Trinajstić information content (AvgIpc) is 3.34. The van der Waals surface area contributed by atoms with Crippen LogP contribution in [0.1, 0.15) is 39.1 Å². The number of carbonyl (C=O) groups is 2. The number of nitrogens with zero attached hydrogens (tertiary/aromatic N) is 1. The fourth-order valence-electron chi connectivity index (χ4n) is 3.82. The van der Waals surface area contributed by atoms with Gasteiger partial charge >= 0.3 is 0 Å². The van der Waals surface area contributed by atoms with Crippen LogP contribution in [0.25, 0.3) is 0 Å². The lowest BCUT2D eigenvalue weighted by molar-refractivity contribution is 0.101. The quantitative estimate of drug-likeness (QED) is 0.535. The molecule has 1 fully saturated rings. The number of anilines is 2. The zero-order valence-corrected chi connectivity index (χ0v) is 19.6. The summed E-state index contributed by atoms with van der Waals surface area (Å²) in [6, 6.07) is 20.2. The Bertz CT molecular complexity index is 1140. The topological polar surface area (TPSA) is 70.7 Å². The van der Waals surface area contributed by atoms with E-state index in [1.807, 2.05) is 56.6 Å². The lowest BCUT2D eigenvalue weighted by Gasteiger charge is -2.17. The maximum absolute atomic E-state index is 12.8. The Hall–Kier alpha value is -3.29. The lowest BCUT2D eigenvalue weighted by Crippen LogP contribution is -2.17. The molecule has 0 radical (unpaired) electrons. The number of benzene rings is 3. The van der Waals surface area contributed by atoms with Crippen LogP contribution in [0.4, 0.5) is 11.4 Å². The fraction of sp³-hybridized carbons (Fsp3) is 0.231. The predicted molar refractivity (Wildman–Crippen MR) is 134 cm³/mol. The molecular formula is C26H27N3O3S. The van der Waals surface area contributed by atoms with Crippen LogP contribution in [0.15, 0.2) is 71.6 Å². The number of nitrogens with one attached hydrogen (secondary N) is 2. The van der Waals surface area contributed by atoms with Crippen molar-refractivity contribution in [1.82, 2.24) is 5.32 Å². The van der Waals surface area contributed by atoms with Gasteiger partial charge < -0.3 is 19.7 Å². The Morgan fingerprint density at radius 1 is 0.939 bits per heavy atom. The van der Waals surface area contributed by atoms with Gasteiger partial charge in [0.05, 0.1) is 22.5 Å². The van der Waals surface area contributed by atoms with Gasteiger partial charge in [-0.1, -0.05) is 12.1 Å². The van der Waals surface area contributed by atoms with Crippen molar-refractivity contribution >= 4 is 35.1 Å². The number of ketones is 1. The van der Waals surface area contributed by atoms with Gasteiger partial charge in [-0.25, -0.2) is 0 Å². The Kier molecular flexibility index (Phi) is 7.32. The van der Waals surface area contributed by atoms with Crippen molar-refractivity contribution < 1.29 is 13.8 Å². The molecule has 170 valence electrons. The maximum atomic E-state index is 12.8. The summed E-state index contributed by atoms with van der Waals surface area (Å²) in [6.45, 7) is 2.17. The molecule has 2 aliphatic rings. The molecule has 5 rings (SSSR count). The van der Waals surface area contributed by atoms with Crippen LogP contribution in [-0.4, -0.2) is 38.9 Å². The van der Waals surface area contributed by atoms with Crippen molar-refractivity contribution in [2.45, 2.75) is 17.7 Å². The molecule has 0 saturated carbocycles. The summed E-state index contributed by atoms with van der Waals surface area (Å²) < 4.78 is 5.77. The number of amides is 1. The van der Waals surface area contributed by atoms with Gasteiger partial charge in [0.1, 0.15) is 5.75 Å². The molecule has 2 aliphatic heterocycles. The van der Waals surface area contributed by atoms with E-state index in [0.29, 0.717) is 22.4 Å². The summed E-state index contributed by atoms with van der Waals surface area (Å²) in [7, 11) is 3.75. The highest BCUT2D eigenvalue weighted by molar-refractivity contribution is 7.95. The smallest absolute Gasteiger partial charge is 0.255 e. The van der Waals surface area contributed by atoms with Crippen LogP contribution in [-0.2, 0) is 0 Å². The fourth-order valence-corrected chi connectivity index (χ4v) is 4.52. The Balaban J connectivity index is 0.000000821. The van der Waals surface area contributed by atoms with E-state index in [9.17, 15) is 9.59 Å². The summed E-state index contributed by atoms with van der Waals surface area (Å²) in [5, 5.41) is 5.67. The molecule has 2 heterocycles. The van der Waals surface area contributed by atoms with E-state index in [4.69, 9.17) is 4.18 Å². The minimum absolute atomic E-state index is 0.102. The SMILES string of the molecule is CNC.O=C(Nc1ccc(N2CCCC2)cc1)c1ccc2c(c1)OSc1ccccc1C2=O. The van der Waals surface area contributed by atoms with Crippen molar-refractivity contribution in [3.05, 3.63) is 83.4 Å². The number of hydrogen-bond donors (Lipinski definition) is 2. The predicted octanol–water partition coefficient (Wildman–Crippen LogP) is 5.01. The van der Waals surface area contributed by atoms with Gasteiger partial charge in [0.25, 0.3) is 5.91 Å². The van der Waals surface area contributed by atoms with Gasteiger partial charge in [0, 0.05) is 35.6 Å². The zero-order chi connectivity index (χ0) is 23.2. The molecule has 0 aromatic heterocycles. The summed E-state index contributed by atoms with van der Waals surface area (Å²) >= 11 is 1.14. The highest BCUT2D eigenvalue weighted by atomic mass is 32.2. The third-order valence-corrected chi connectivity index (χ3v) is 6.24. The van der Waals surface area contributed by atoms with Crippen LogP contribution in [0.2, 0.25) is 0 Å². The first kappa shape index (κ1) is 22.9. The summed E-state index contributed by atoms with van der Waals surface area (Å²) in [5.74, 6) is 0.0582. The molecule has 1 saturated heterocycles. The van der Waals surface area contributed by atoms with Gasteiger partial charge in [-0.3, -0.25) is 9.59 Å². The normalized spacial score (nSPS) is 14.2. The van der Waals surface area contributed by atoms with Crippen molar-refractivity contribution in [2.24, 2.45) is 0 Å². The first-order chi connectivity index (χ1) is 16.1. The number of fused-ring (bicyclic) bond motifs is 2. The molecule has 0 spiro atoms. The second-order valence-electron chi connectivity index (χ2n) is 7.90. The highest BCUT2D eigenvalue weighted by Crippen LogP contribution is 2.36. The van der Waals surface area contributed by atoms with Crippen LogP contribution < -0.4 is 19.7 Å². The third-order valence-electron chi connectivity index (χ3n) is 5.44. The van der Waals surface area contributed by atoms with Crippen molar-refractivity contribution in [2.75, 3.05) is 37.4 Å². The van der Waals surface area contributed by atoms with Gasteiger partial charge in [-0.2, -0.15) is 0 Å². The molecular weight excluding hydrogens is 434 g/mol. The van der Waals surface area contributed by atoms with Crippen LogP contribution in [0.3, 0.4) is 0 Å². The Morgan fingerprint density at radius 2 is 1.64 bits per heavy atom. The largest absolute Gasteiger partial charge is 0.420 e. The number of rotatable bonds is 3. The minimum Gasteiger partial charge on any atom is -0.420 e. The molecule has 3 aromatic carbocycles. The maximum Gasteiger partial charge on any atom is 0.255 e. The molecule has 2 N–H and O–H groups in total. The van der Waals surface area contributed by atoms with Gasteiger partial charge in [-0.05, 0) is 81.5 Å². The minimum atomic E-state index is -0.241. The van der Waals surface area contributed by atoms with E-state index >= 15 is 0 Å². The molecule has 0 aliphatic carbocycles. The van der Waals surface area contributed by atoms with E-state index in [0.717, 1.165) is 35.7 Å². The Labute approximate surface area is 198 Å². The standard InChI is InChI=1S/C24H20N2O3S.C2H7N/c27-23-19-12-7-16(15-21(19)29-30-22-6-2-1-5-20(22)23)24(28)25-17-8-10-18(11-9-17)26-13-3-4-14-26;1-3-2/h1-2,5-12,15H,3-4,13-14H2,(H,25,28);3H,1-2H3. The van der Waals surface area contributed by atoms with E-state index in [-0.39, 0.29) is 11.7 Å². The van der Waals surface area contributed by atoms with Gasteiger partial charge in [0.15, 0.2) is 5.78 Å². The van der Waals surface area contributed by atoms with Gasteiger partial charge in [0.2, 0.25) is 0 Å². The van der Waals surface area contributed by atoms with E-state index < -0.39 is 0 Å². The average molecular weight is 462 g/mol. The molecule has 1 amide bonds. The van der Waals surface area contributed by atoms with Crippen molar-refractivity contribution in [1.29, 1.82) is 0 Å². The van der Waals surface area contributed by atoms with Crippen molar-refractivity contribution in [3.8, 4) is 5.75 Å². The molecule has 0 atom stereocenters. The summed E-state index contributed by atoms with van der Waals surface area (Å²) in [4.78, 5) is 28.7. The zero-order valence-electron chi connectivity index (χ0n) is 18.8. The van der Waals surface area contributed by atoms with E-state index in [2.05, 4.69) is 15.5 Å². The number of carbonyl (C=O) groups excluding carboxylic acids is 2. The van der Waals surface area contributed by atoms with E-state index in [1.54, 1.807) is 24.3 Å². The molecule has 33 heavy (non-hydrogen) atoms. The number of hydrogen-bond acceptors (Lipinski definition) is 6. The van der Waals surface area contributed by atoms with Gasteiger partial charge in [-0.15, -0.1) is 0 Å². The van der Waals surface area contributed by atoms with Crippen LogP contribution in [0, 0.1) is 0 Å². The molecule has 0 unspecified atom stereocenters. The second kappa shape index (κ2) is 10.6. The van der Waals surface area contributed by atoms with Crippen LogP contribution >= 0.6 is 12.0 Å². The third kappa shape index (κ3) is 5.21. The van der Waals surface area contributed by atoms with E-state index in [1.165, 1.54) is 18.5 Å². The lowest BCUT2D eigenvalue weighted by atomic mass is 10.0. The first-order valence-electron chi connectivity index (χ1n) is 11.0. The molecule has 0 bridgehead atoms. The molecule has 7 heteroatoms. The summed E-state index contributed by atoms with van der Waals surface area (Å²) in [6.07, 6.45) is 2.45. The molecule has 6 nitrogen and oxygen atoms in total. The summed E-state index contributed by atoms with van der Waals surface area (Å²) in [5.41, 5.74) is 3.42. The first-order valence-corrected chi connectivity index (χ1v) is 11.7. The van der Waals surface area contributed by atoms with Crippen molar-refractivity contribution in [3.63, 3.8) is 0 Å². The van der Waals surface area contributed by atoms with Crippen LogP contribution in [0.5, 0.6) is 5.75 Å². The highest BCUT2D eigenvalue weighted by Gasteiger charge is 2.24. The molecule has 3 aromatic rings.